The topological polar surface area (TPSA) is 45.8 Å². The number of aromatic nitrogens is 1. The Hall–Kier alpha value is -2.59. The van der Waals surface area contributed by atoms with Crippen LogP contribution in [0.4, 0.5) is 13.2 Å². The summed E-state index contributed by atoms with van der Waals surface area (Å²) in [5, 5.41) is 8.97. The van der Waals surface area contributed by atoms with E-state index in [0.29, 0.717) is 21.3 Å². The molecule has 0 amide bonds. The zero-order chi connectivity index (χ0) is 17.8. The van der Waals surface area contributed by atoms with Gasteiger partial charge in [0, 0.05) is 24.4 Å². The van der Waals surface area contributed by atoms with Crippen LogP contribution in [-0.4, -0.2) is 10.5 Å². The summed E-state index contributed by atoms with van der Waals surface area (Å²) in [5.41, 5.74) is 1.70. The molecule has 7 heteroatoms. The van der Waals surface area contributed by atoms with E-state index < -0.39 is 17.7 Å². The number of fused-ring (bicyclic) bond motifs is 1. The van der Waals surface area contributed by atoms with E-state index in [1.165, 1.54) is 22.8 Å². The van der Waals surface area contributed by atoms with Crippen LogP contribution in [0.2, 0.25) is 0 Å². The van der Waals surface area contributed by atoms with E-state index in [-0.39, 0.29) is 23.4 Å². The smallest absolute Gasteiger partial charge is 0.298 e. The number of rotatable bonds is 3. The summed E-state index contributed by atoms with van der Waals surface area (Å²) in [6.45, 7) is -0.0105. The number of hydrogen-bond donors (Lipinski definition) is 0. The Bertz CT molecular complexity index is 1090. The largest absolute Gasteiger partial charge is 0.308 e. The van der Waals surface area contributed by atoms with Crippen molar-refractivity contribution in [3.05, 3.63) is 57.4 Å². The summed E-state index contributed by atoms with van der Waals surface area (Å²) in [5.74, 6) is -3.95. The van der Waals surface area contributed by atoms with E-state index in [4.69, 9.17) is 5.26 Å². The van der Waals surface area contributed by atoms with Gasteiger partial charge in [0.05, 0.1) is 21.8 Å². The molecule has 1 heterocycles. The van der Waals surface area contributed by atoms with Gasteiger partial charge in [-0.05, 0) is 35.9 Å². The molecule has 0 spiro atoms. The van der Waals surface area contributed by atoms with Gasteiger partial charge in [0.25, 0.3) is 5.92 Å². The fourth-order valence-electron chi connectivity index (χ4n) is 2.91. The minimum absolute atomic E-state index is 0.0105. The van der Waals surface area contributed by atoms with Gasteiger partial charge in [0.15, 0.2) is 0 Å². The molecule has 0 bridgehead atoms. The standard InChI is InChI=1S/C18H11F3N2OS/c19-14-3-1-10(8-22)5-13(14)11-2-4-15-16(6-11)25-17(24)23(15)9-12-7-18(12,20)21/h1-6,12H,7,9H2. The van der Waals surface area contributed by atoms with E-state index in [2.05, 4.69) is 0 Å². The molecule has 1 fully saturated rings. The van der Waals surface area contributed by atoms with Gasteiger partial charge in [-0.2, -0.15) is 5.26 Å². The second-order valence-electron chi connectivity index (χ2n) is 6.13. The summed E-state index contributed by atoms with van der Waals surface area (Å²) in [6, 6.07) is 11.0. The van der Waals surface area contributed by atoms with Crippen molar-refractivity contribution in [2.45, 2.75) is 18.9 Å². The summed E-state index contributed by atoms with van der Waals surface area (Å²) in [7, 11) is 0. The number of benzene rings is 2. The molecule has 3 aromatic rings. The minimum atomic E-state index is -2.69. The van der Waals surface area contributed by atoms with Gasteiger partial charge in [-0.1, -0.05) is 17.4 Å². The Morgan fingerprint density at radius 1 is 1.28 bits per heavy atom. The SMILES string of the molecule is N#Cc1ccc(F)c(-c2ccc3c(c2)sc(=O)n3CC2CC2(F)F)c1. The lowest BCUT2D eigenvalue weighted by Crippen LogP contribution is -2.15. The van der Waals surface area contributed by atoms with Gasteiger partial charge < -0.3 is 0 Å². The third-order valence-corrected chi connectivity index (χ3v) is 5.38. The van der Waals surface area contributed by atoms with Gasteiger partial charge in [0.1, 0.15) is 5.82 Å². The summed E-state index contributed by atoms with van der Waals surface area (Å²) in [4.78, 5) is 11.8. The third kappa shape index (κ3) is 2.72. The summed E-state index contributed by atoms with van der Waals surface area (Å²) < 4.78 is 42.3. The maximum Gasteiger partial charge on any atom is 0.308 e. The average molecular weight is 360 g/mol. The first-order valence-electron chi connectivity index (χ1n) is 7.60. The highest BCUT2D eigenvalue weighted by Crippen LogP contribution is 2.49. The quantitative estimate of drug-likeness (QED) is 0.695. The molecule has 126 valence electrons. The molecule has 0 radical (unpaired) electrons. The first kappa shape index (κ1) is 15.9. The molecule has 3 nitrogen and oxygen atoms in total. The van der Waals surface area contributed by atoms with Crippen molar-refractivity contribution < 1.29 is 13.2 Å². The predicted octanol–water partition coefficient (Wildman–Crippen LogP) is 4.40. The normalized spacial score (nSPS) is 18.2. The second-order valence-corrected chi connectivity index (χ2v) is 7.12. The molecule has 1 aliphatic rings. The van der Waals surface area contributed by atoms with Crippen molar-refractivity contribution in [2.75, 3.05) is 0 Å². The van der Waals surface area contributed by atoms with Crippen molar-refractivity contribution >= 4 is 21.6 Å². The van der Waals surface area contributed by atoms with E-state index in [9.17, 15) is 18.0 Å². The van der Waals surface area contributed by atoms with Crippen molar-refractivity contribution in [1.29, 1.82) is 5.26 Å². The van der Waals surface area contributed by atoms with Crippen LogP contribution in [0.5, 0.6) is 0 Å². The van der Waals surface area contributed by atoms with E-state index in [1.54, 1.807) is 18.2 Å². The fourth-order valence-corrected chi connectivity index (χ4v) is 3.85. The predicted molar refractivity (Wildman–Crippen MR) is 89.2 cm³/mol. The van der Waals surface area contributed by atoms with Gasteiger partial charge in [0.2, 0.25) is 0 Å². The first-order chi connectivity index (χ1) is 11.9. The molecule has 0 saturated heterocycles. The first-order valence-corrected chi connectivity index (χ1v) is 8.42. The van der Waals surface area contributed by atoms with Crippen LogP contribution in [0.15, 0.2) is 41.2 Å². The van der Waals surface area contributed by atoms with E-state index in [1.807, 2.05) is 6.07 Å². The molecule has 4 rings (SSSR count). The van der Waals surface area contributed by atoms with Crippen LogP contribution in [0.25, 0.3) is 21.3 Å². The van der Waals surface area contributed by atoms with Crippen molar-refractivity contribution in [2.24, 2.45) is 5.92 Å². The maximum absolute atomic E-state index is 14.1. The fraction of sp³-hybridized carbons (Fsp3) is 0.222. The number of alkyl halides is 2. The average Bonchev–Trinajstić information content (AvgIpc) is 3.06. The monoisotopic (exact) mass is 360 g/mol. The Morgan fingerprint density at radius 3 is 2.72 bits per heavy atom. The van der Waals surface area contributed by atoms with Crippen LogP contribution in [0.3, 0.4) is 0 Å². The Morgan fingerprint density at radius 2 is 2.04 bits per heavy atom. The van der Waals surface area contributed by atoms with Gasteiger partial charge >= 0.3 is 4.87 Å². The van der Waals surface area contributed by atoms with Crippen molar-refractivity contribution in [1.82, 2.24) is 4.57 Å². The molecule has 1 aromatic heterocycles. The molecule has 0 N–H and O–H groups in total. The molecular formula is C18H11F3N2OS. The third-order valence-electron chi connectivity index (χ3n) is 4.43. The molecule has 1 aliphatic carbocycles. The Balaban J connectivity index is 1.77. The van der Waals surface area contributed by atoms with Gasteiger partial charge in [-0.25, -0.2) is 13.2 Å². The zero-order valence-corrected chi connectivity index (χ0v) is 13.6. The van der Waals surface area contributed by atoms with Crippen LogP contribution in [-0.2, 0) is 6.54 Å². The second kappa shape index (κ2) is 5.46. The molecule has 0 aliphatic heterocycles. The lowest BCUT2D eigenvalue weighted by molar-refractivity contribution is 0.0953. The van der Waals surface area contributed by atoms with Crippen LogP contribution >= 0.6 is 11.3 Å². The molecule has 2 aromatic carbocycles. The zero-order valence-electron chi connectivity index (χ0n) is 12.8. The summed E-state index contributed by atoms with van der Waals surface area (Å²) in [6.07, 6.45) is -0.193. The molecule has 1 saturated carbocycles. The number of thiazole rings is 1. The highest BCUT2D eigenvalue weighted by Gasteiger charge is 2.56. The van der Waals surface area contributed by atoms with Crippen LogP contribution in [0.1, 0.15) is 12.0 Å². The number of nitriles is 1. The number of hydrogen-bond acceptors (Lipinski definition) is 3. The van der Waals surface area contributed by atoms with E-state index in [0.717, 1.165) is 11.3 Å². The maximum atomic E-state index is 14.1. The lowest BCUT2D eigenvalue weighted by Gasteiger charge is -2.06. The number of nitrogens with zero attached hydrogens (tertiary/aromatic N) is 2. The molecular weight excluding hydrogens is 349 g/mol. The summed E-state index contributed by atoms with van der Waals surface area (Å²) >= 11 is 0.948. The van der Waals surface area contributed by atoms with Crippen LogP contribution in [0, 0.1) is 23.1 Å². The highest BCUT2D eigenvalue weighted by molar-refractivity contribution is 7.16. The van der Waals surface area contributed by atoms with Crippen LogP contribution < -0.4 is 4.87 Å². The van der Waals surface area contributed by atoms with Gasteiger partial charge in [-0.15, -0.1) is 0 Å². The van der Waals surface area contributed by atoms with Crippen molar-refractivity contribution in [3.8, 4) is 17.2 Å². The Labute approximate surface area is 144 Å². The molecule has 1 unspecified atom stereocenters. The molecule has 1 atom stereocenters. The van der Waals surface area contributed by atoms with Crippen molar-refractivity contribution in [3.63, 3.8) is 0 Å². The minimum Gasteiger partial charge on any atom is -0.298 e. The van der Waals surface area contributed by atoms with Gasteiger partial charge in [-0.3, -0.25) is 9.36 Å². The Kier molecular flexibility index (Phi) is 3.48. The molecule has 25 heavy (non-hydrogen) atoms. The number of halogens is 3. The highest BCUT2D eigenvalue weighted by atomic mass is 32.1. The van der Waals surface area contributed by atoms with E-state index >= 15 is 0 Å². The lowest BCUT2D eigenvalue weighted by atomic mass is 10.0.